The van der Waals surface area contributed by atoms with Crippen molar-refractivity contribution in [3.05, 3.63) is 71.8 Å². The molecule has 1 aliphatic heterocycles. The monoisotopic (exact) mass is 474 g/mol. The Hall–Kier alpha value is -3.24. The van der Waals surface area contributed by atoms with E-state index in [4.69, 9.17) is 9.47 Å². The SMILES string of the molecule is Cc1cccc(NS(=O)(=O)c2cc(NS(=O)(=O)c3ccc4c(c3)OCCO4)ccc2C)c1. The Balaban J connectivity index is 1.62. The lowest BCUT2D eigenvalue weighted by Gasteiger charge is -2.19. The molecule has 1 aliphatic rings. The van der Waals surface area contributed by atoms with Crippen LogP contribution in [0.1, 0.15) is 11.1 Å². The van der Waals surface area contributed by atoms with Crippen molar-refractivity contribution in [1.29, 1.82) is 0 Å². The highest BCUT2D eigenvalue weighted by atomic mass is 32.2. The van der Waals surface area contributed by atoms with Gasteiger partial charge in [-0.15, -0.1) is 0 Å². The molecule has 0 saturated carbocycles. The molecule has 0 radical (unpaired) electrons. The second-order valence-corrected chi connectivity index (χ2v) is 10.7. The van der Waals surface area contributed by atoms with Gasteiger partial charge in [-0.05, 0) is 61.4 Å². The summed E-state index contributed by atoms with van der Waals surface area (Å²) in [5.74, 6) is 0.815. The summed E-state index contributed by atoms with van der Waals surface area (Å²) in [6, 6.07) is 15.6. The third-order valence-corrected chi connectivity index (χ3v) is 7.73. The smallest absolute Gasteiger partial charge is 0.262 e. The van der Waals surface area contributed by atoms with Crippen LogP contribution in [0.2, 0.25) is 0 Å². The predicted octanol–water partition coefficient (Wildman–Crippen LogP) is 3.68. The maximum atomic E-state index is 13.0. The molecule has 1 heterocycles. The second kappa shape index (κ2) is 8.36. The predicted molar refractivity (Wildman–Crippen MR) is 121 cm³/mol. The molecule has 0 fully saturated rings. The van der Waals surface area contributed by atoms with Crippen LogP contribution in [-0.4, -0.2) is 30.0 Å². The molecule has 3 aromatic rings. The summed E-state index contributed by atoms with van der Waals surface area (Å²) in [6.07, 6.45) is 0. The summed E-state index contributed by atoms with van der Waals surface area (Å²) in [5.41, 5.74) is 1.93. The van der Waals surface area contributed by atoms with Gasteiger partial charge in [0.25, 0.3) is 20.0 Å². The van der Waals surface area contributed by atoms with Crippen molar-refractivity contribution in [2.24, 2.45) is 0 Å². The zero-order valence-corrected chi connectivity index (χ0v) is 19.1. The van der Waals surface area contributed by atoms with E-state index in [0.717, 1.165) is 5.56 Å². The normalized spacial score (nSPS) is 13.4. The van der Waals surface area contributed by atoms with Gasteiger partial charge in [-0.25, -0.2) is 16.8 Å². The first kappa shape index (κ1) is 22.0. The third kappa shape index (κ3) is 4.66. The van der Waals surface area contributed by atoms with Crippen LogP contribution < -0.4 is 18.9 Å². The molecule has 0 saturated heterocycles. The Bertz CT molecular complexity index is 1390. The molecule has 0 atom stereocenters. The summed E-state index contributed by atoms with van der Waals surface area (Å²) in [4.78, 5) is -0.0500. The van der Waals surface area contributed by atoms with Gasteiger partial charge in [0, 0.05) is 11.8 Å². The van der Waals surface area contributed by atoms with Crippen LogP contribution in [0.5, 0.6) is 11.5 Å². The zero-order valence-electron chi connectivity index (χ0n) is 17.5. The first-order valence-corrected chi connectivity index (χ1v) is 12.7. The minimum atomic E-state index is -3.99. The fourth-order valence-electron chi connectivity index (χ4n) is 3.28. The number of ether oxygens (including phenoxy) is 2. The summed E-state index contributed by atoms with van der Waals surface area (Å²) in [6.45, 7) is 4.23. The Morgan fingerprint density at radius 3 is 2.16 bits per heavy atom. The van der Waals surface area contributed by atoms with E-state index in [9.17, 15) is 16.8 Å². The van der Waals surface area contributed by atoms with Crippen LogP contribution in [0.15, 0.2) is 70.5 Å². The Morgan fingerprint density at radius 1 is 0.719 bits per heavy atom. The van der Waals surface area contributed by atoms with Gasteiger partial charge in [-0.3, -0.25) is 9.44 Å². The second-order valence-electron chi connectivity index (χ2n) is 7.37. The van der Waals surface area contributed by atoms with Gasteiger partial charge < -0.3 is 9.47 Å². The molecule has 0 unspecified atom stereocenters. The van der Waals surface area contributed by atoms with Crippen molar-refractivity contribution in [3.8, 4) is 11.5 Å². The average Bonchev–Trinajstić information content (AvgIpc) is 2.74. The quantitative estimate of drug-likeness (QED) is 0.564. The highest BCUT2D eigenvalue weighted by Crippen LogP contribution is 2.33. The molecule has 2 N–H and O–H groups in total. The summed E-state index contributed by atoms with van der Waals surface area (Å²) in [5, 5.41) is 0. The highest BCUT2D eigenvalue weighted by molar-refractivity contribution is 7.93. The number of anilines is 2. The average molecular weight is 475 g/mol. The fraction of sp³-hybridized carbons (Fsp3) is 0.182. The van der Waals surface area contributed by atoms with Crippen LogP contribution in [-0.2, 0) is 20.0 Å². The maximum Gasteiger partial charge on any atom is 0.262 e. The number of nitrogens with one attached hydrogen (secondary N) is 2. The van der Waals surface area contributed by atoms with Gasteiger partial charge in [0.15, 0.2) is 11.5 Å². The van der Waals surface area contributed by atoms with Gasteiger partial charge in [0.2, 0.25) is 0 Å². The van der Waals surface area contributed by atoms with E-state index in [2.05, 4.69) is 9.44 Å². The molecular weight excluding hydrogens is 452 g/mol. The molecule has 4 rings (SSSR count). The van der Waals surface area contributed by atoms with Crippen LogP contribution in [0.4, 0.5) is 11.4 Å². The molecule has 10 heteroatoms. The Morgan fingerprint density at radius 2 is 1.41 bits per heavy atom. The van der Waals surface area contributed by atoms with E-state index < -0.39 is 20.0 Å². The van der Waals surface area contributed by atoms with E-state index in [1.807, 2.05) is 13.0 Å². The minimum Gasteiger partial charge on any atom is -0.486 e. The molecule has 0 aliphatic carbocycles. The largest absolute Gasteiger partial charge is 0.486 e. The molecule has 0 amide bonds. The van der Waals surface area contributed by atoms with E-state index in [1.165, 1.54) is 30.3 Å². The number of hydrogen-bond acceptors (Lipinski definition) is 6. The van der Waals surface area contributed by atoms with Gasteiger partial charge in [0.1, 0.15) is 13.2 Å². The summed E-state index contributed by atoms with van der Waals surface area (Å²) < 4.78 is 67.5. The molecule has 168 valence electrons. The van der Waals surface area contributed by atoms with Crippen molar-refractivity contribution in [1.82, 2.24) is 0 Å². The lowest BCUT2D eigenvalue weighted by Crippen LogP contribution is -2.18. The van der Waals surface area contributed by atoms with E-state index >= 15 is 0 Å². The Kier molecular flexibility index (Phi) is 5.74. The minimum absolute atomic E-state index is 0.0235. The van der Waals surface area contributed by atoms with Crippen molar-refractivity contribution < 1.29 is 26.3 Å². The molecular formula is C22H22N2O6S2. The van der Waals surface area contributed by atoms with E-state index in [-0.39, 0.29) is 15.5 Å². The third-order valence-electron chi connectivity index (χ3n) is 4.82. The summed E-state index contributed by atoms with van der Waals surface area (Å²) in [7, 11) is -7.92. The van der Waals surface area contributed by atoms with Crippen molar-refractivity contribution in [2.45, 2.75) is 23.6 Å². The van der Waals surface area contributed by atoms with Crippen molar-refractivity contribution >= 4 is 31.4 Å². The molecule has 0 spiro atoms. The van der Waals surface area contributed by atoms with Crippen molar-refractivity contribution in [2.75, 3.05) is 22.7 Å². The molecule has 3 aromatic carbocycles. The number of rotatable bonds is 6. The van der Waals surface area contributed by atoms with Crippen LogP contribution in [0.3, 0.4) is 0 Å². The molecule has 8 nitrogen and oxygen atoms in total. The molecule has 0 bridgehead atoms. The van der Waals surface area contributed by atoms with Gasteiger partial charge in [-0.2, -0.15) is 0 Å². The zero-order chi connectivity index (χ0) is 22.9. The number of benzene rings is 3. The highest BCUT2D eigenvalue weighted by Gasteiger charge is 2.22. The van der Waals surface area contributed by atoms with Gasteiger partial charge >= 0.3 is 0 Å². The number of aryl methyl sites for hydroxylation is 2. The van der Waals surface area contributed by atoms with E-state index in [0.29, 0.717) is 36.0 Å². The first-order valence-electron chi connectivity index (χ1n) is 9.77. The first-order chi connectivity index (χ1) is 15.1. The fourth-order valence-corrected chi connectivity index (χ4v) is 5.66. The van der Waals surface area contributed by atoms with E-state index in [1.54, 1.807) is 31.2 Å². The maximum absolute atomic E-state index is 13.0. The lowest BCUT2D eigenvalue weighted by molar-refractivity contribution is 0.171. The number of sulfonamides is 2. The number of hydrogen-bond donors (Lipinski definition) is 2. The Labute approximate surface area is 187 Å². The van der Waals surface area contributed by atoms with Gasteiger partial charge in [0.05, 0.1) is 15.5 Å². The van der Waals surface area contributed by atoms with Crippen molar-refractivity contribution in [3.63, 3.8) is 0 Å². The standard InChI is InChI=1S/C22H22N2O6S2/c1-15-4-3-5-17(12-15)24-32(27,28)22-13-18(7-6-16(22)2)23-31(25,26)19-8-9-20-21(14-19)30-11-10-29-20/h3-9,12-14,23-24H,10-11H2,1-2H3. The van der Waals surface area contributed by atoms with Crippen LogP contribution in [0, 0.1) is 13.8 Å². The summed E-state index contributed by atoms with van der Waals surface area (Å²) >= 11 is 0. The number of fused-ring (bicyclic) bond motifs is 1. The van der Waals surface area contributed by atoms with Gasteiger partial charge in [-0.1, -0.05) is 18.2 Å². The van der Waals surface area contributed by atoms with Crippen LogP contribution >= 0.6 is 0 Å². The lowest BCUT2D eigenvalue weighted by atomic mass is 10.2. The molecule has 0 aromatic heterocycles. The molecule has 32 heavy (non-hydrogen) atoms. The topological polar surface area (TPSA) is 111 Å². The van der Waals surface area contributed by atoms with Crippen LogP contribution in [0.25, 0.3) is 0 Å².